The number of amides is 3. The van der Waals surface area contributed by atoms with Crippen LogP contribution in [0.5, 0.6) is 0 Å². The number of benzene rings is 1. The molecule has 2 aromatic heterocycles. The van der Waals surface area contributed by atoms with Crippen molar-refractivity contribution in [2.75, 3.05) is 6.54 Å². The molecular formula is C19H16N4O3. The number of carbonyl (C=O) groups excluding carboxylic acids is 3. The molecule has 0 unspecified atom stereocenters. The summed E-state index contributed by atoms with van der Waals surface area (Å²) in [6.45, 7) is 1.83. The summed E-state index contributed by atoms with van der Waals surface area (Å²) in [5, 5.41) is 2.77. The largest absolute Gasteiger partial charge is 0.349 e. The highest BCUT2D eigenvalue weighted by Gasteiger charge is 2.36. The summed E-state index contributed by atoms with van der Waals surface area (Å²) >= 11 is 0. The minimum absolute atomic E-state index is 0.263. The molecule has 4 rings (SSSR count). The molecule has 1 aliphatic rings. The molecule has 1 aromatic carbocycles. The van der Waals surface area contributed by atoms with Gasteiger partial charge in [-0.2, -0.15) is 0 Å². The zero-order valence-corrected chi connectivity index (χ0v) is 14.1. The molecule has 0 aliphatic carbocycles. The molecule has 3 aromatic rings. The van der Waals surface area contributed by atoms with E-state index in [1.807, 2.05) is 35.7 Å². The van der Waals surface area contributed by atoms with Gasteiger partial charge in [-0.1, -0.05) is 18.2 Å². The Labute approximate surface area is 149 Å². The van der Waals surface area contributed by atoms with E-state index in [0.29, 0.717) is 11.1 Å². The first kappa shape index (κ1) is 16.0. The molecule has 1 aliphatic heterocycles. The van der Waals surface area contributed by atoms with E-state index in [-0.39, 0.29) is 13.1 Å². The number of imidazole rings is 1. The van der Waals surface area contributed by atoms with Crippen molar-refractivity contribution in [1.29, 1.82) is 0 Å². The summed E-state index contributed by atoms with van der Waals surface area (Å²) in [5.74, 6) is -1.27. The van der Waals surface area contributed by atoms with Crippen LogP contribution in [0.4, 0.5) is 0 Å². The van der Waals surface area contributed by atoms with Gasteiger partial charge in [-0.15, -0.1) is 0 Å². The molecule has 26 heavy (non-hydrogen) atoms. The van der Waals surface area contributed by atoms with Crippen LogP contribution in [0.1, 0.15) is 32.1 Å². The third kappa shape index (κ3) is 2.54. The predicted molar refractivity (Wildman–Crippen MR) is 93.6 cm³/mol. The second kappa shape index (κ2) is 6.11. The highest BCUT2D eigenvalue weighted by atomic mass is 16.2. The van der Waals surface area contributed by atoms with Gasteiger partial charge < -0.3 is 9.72 Å². The summed E-state index contributed by atoms with van der Waals surface area (Å²) in [7, 11) is 0. The van der Waals surface area contributed by atoms with Gasteiger partial charge in [0, 0.05) is 6.20 Å². The van der Waals surface area contributed by atoms with Crippen LogP contribution in [0.2, 0.25) is 0 Å². The molecule has 0 saturated heterocycles. The molecule has 3 heterocycles. The lowest BCUT2D eigenvalue weighted by atomic mass is 10.1. The summed E-state index contributed by atoms with van der Waals surface area (Å²) in [6, 6.07) is 12.2. The quantitative estimate of drug-likeness (QED) is 0.725. The Balaban J connectivity index is 1.46. The van der Waals surface area contributed by atoms with Crippen molar-refractivity contribution in [3.63, 3.8) is 0 Å². The summed E-state index contributed by atoms with van der Waals surface area (Å²) in [5.41, 5.74) is 3.15. The van der Waals surface area contributed by atoms with Gasteiger partial charge in [0.2, 0.25) is 5.91 Å². The predicted octanol–water partition coefficient (Wildman–Crippen LogP) is 1.56. The molecule has 1 N–H and O–H groups in total. The Morgan fingerprint density at radius 3 is 2.38 bits per heavy atom. The van der Waals surface area contributed by atoms with Crippen molar-refractivity contribution in [3.05, 3.63) is 71.2 Å². The van der Waals surface area contributed by atoms with Crippen LogP contribution in [0.15, 0.2) is 48.7 Å². The second-order valence-corrected chi connectivity index (χ2v) is 6.09. The minimum Gasteiger partial charge on any atom is -0.349 e. The average molecular weight is 348 g/mol. The van der Waals surface area contributed by atoms with E-state index >= 15 is 0 Å². The Morgan fingerprint density at radius 2 is 1.69 bits per heavy atom. The normalized spacial score (nSPS) is 13.3. The van der Waals surface area contributed by atoms with Gasteiger partial charge in [0.15, 0.2) is 0 Å². The molecule has 130 valence electrons. The second-order valence-electron chi connectivity index (χ2n) is 6.09. The van der Waals surface area contributed by atoms with E-state index in [2.05, 4.69) is 10.3 Å². The van der Waals surface area contributed by atoms with Crippen LogP contribution < -0.4 is 5.32 Å². The summed E-state index contributed by atoms with van der Waals surface area (Å²) in [6.07, 6.45) is 1.88. The van der Waals surface area contributed by atoms with Gasteiger partial charge >= 0.3 is 0 Å². The van der Waals surface area contributed by atoms with E-state index in [4.69, 9.17) is 0 Å². The number of hydrogen-bond donors (Lipinski definition) is 1. The molecule has 0 radical (unpaired) electrons. The summed E-state index contributed by atoms with van der Waals surface area (Å²) < 4.78 is 1.90. The fraction of sp³-hybridized carbons (Fsp3) is 0.158. The minimum atomic E-state index is -0.438. The number of pyridine rings is 1. The SMILES string of the molecule is Cc1nc2ccccn2c1CNC(=O)CN1C(=O)c2ccccc2C1=O. The van der Waals surface area contributed by atoms with Crippen LogP contribution in [-0.4, -0.2) is 38.6 Å². The fourth-order valence-electron chi connectivity index (χ4n) is 3.14. The van der Waals surface area contributed by atoms with Gasteiger partial charge in [-0.3, -0.25) is 19.3 Å². The lowest BCUT2D eigenvalue weighted by molar-refractivity contribution is -0.121. The molecule has 0 saturated carbocycles. The van der Waals surface area contributed by atoms with Crippen LogP contribution in [0.25, 0.3) is 5.65 Å². The van der Waals surface area contributed by atoms with Crippen molar-refractivity contribution < 1.29 is 14.4 Å². The molecule has 7 heteroatoms. The van der Waals surface area contributed by atoms with Crippen molar-refractivity contribution in [2.24, 2.45) is 0 Å². The zero-order valence-electron chi connectivity index (χ0n) is 14.1. The standard InChI is InChI=1S/C19H16N4O3/c1-12-15(22-9-5-4-8-16(22)21-12)10-20-17(24)11-23-18(25)13-6-2-3-7-14(13)19(23)26/h2-9H,10-11H2,1H3,(H,20,24). The van der Waals surface area contributed by atoms with Crippen LogP contribution in [0, 0.1) is 6.92 Å². The van der Waals surface area contributed by atoms with Crippen molar-refractivity contribution in [1.82, 2.24) is 19.6 Å². The lowest BCUT2D eigenvalue weighted by Crippen LogP contribution is -2.40. The molecular weight excluding hydrogens is 332 g/mol. The van der Waals surface area contributed by atoms with E-state index < -0.39 is 17.7 Å². The Morgan fingerprint density at radius 1 is 1.04 bits per heavy atom. The molecule has 0 fully saturated rings. The van der Waals surface area contributed by atoms with E-state index in [1.54, 1.807) is 24.3 Å². The number of hydrogen-bond acceptors (Lipinski definition) is 4. The Kier molecular flexibility index (Phi) is 3.76. The van der Waals surface area contributed by atoms with Gasteiger partial charge in [0.25, 0.3) is 11.8 Å². The number of fused-ring (bicyclic) bond motifs is 2. The molecule has 3 amide bonds. The van der Waals surface area contributed by atoms with Crippen LogP contribution in [0.3, 0.4) is 0 Å². The third-order valence-electron chi connectivity index (χ3n) is 4.46. The maximum atomic E-state index is 12.3. The van der Waals surface area contributed by atoms with Crippen LogP contribution >= 0.6 is 0 Å². The molecule has 0 spiro atoms. The number of nitrogens with one attached hydrogen (secondary N) is 1. The lowest BCUT2D eigenvalue weighted by Gasteiger charge is -2.13. The van der Waals surface area contributed by atoms with Crippen molar-refractivity contribution >= 4 is 23.4 Å². The van der Waals surface area contributed by atoms with E-state index in [1.165, 1.54) is 0 Å². The molecule has 0 atom stereocenters. The maximum Gasteiger partial charge on any atom is 0.262 e. The smallest absolute Gasteiger partial charge is 0.262 e. The number of aromatic nitrogens is 2. The summed E-state index contributed by atoms with van der Waals surface area (Å²) in [4.78, 5) is 42.3. The molecule has 0 bridgehead atoms. The van der Waals surface area contributed by atoms with Gasteiger partial charge in [-0.25, -0.2) is 4.98 Å². The van der Waals surface area contributed by atoms with E-state index in [9.17, 15) is 14.4 Å². The van der Waals surface area contributed by atoms with Crippen molar-refractivity contribution in [3.8, 4) is 0 Å². The third-order valence-corrected chi connectivity index (χ3v) is 4.46. The van der Waals surface area contributed by atoms with Gasteiger partial charge in [0.05, 0.1) is 29.1 Å². The number of rotatable bonds is 4. The highest BCUT2D eigenvalue weighted by Crippen LogP contribution is 2.22. The Hall–Kier alpha value is -3.48. The highest BCUT2D eigenvalue weighted by molar-refractivity contribution is 6.22. The first-order chi connectivity index (χ1) is 12.6. The van der Waals surface area contributed by atoms with Crippen LogP contribution in [-0.2, 0) is 11.3 Å². The van der Waals surface area contributed by atoms with Crippen molar-refractivity contribution in [2.45, 2.75) is 13.5 Å². The van der Waals surface area contributed by atoms with Gasteiger partial charge in [-0.05, 0) is 31.2 Å². The first-order valence-electron chi connectivity index (χ1n) is 8.21. The topological polar surface area (TPSA) is 83.8 Å². The fourth-order valence-corrected chi connectivity index (χ4v) is 3.14. The maximum absolute atomic E-state index is 12.3. The number of aryl methyl sites for hydroxylation is 1. The molecule has 7 nitrogen and oxygen atoms in total. The van der Waals surface area contributed by atoms with Gasteiger partial charge in [0.1, 0.15) is 12.2 Å². The number of imide groups is 1. The average Bonchev–Trinajstić information content (AvgIpc) is 3.09. The zero-order chi connectivity index (χ0) is 18.3. The number of carbonyl (C=O) groups is 3. The first-order valence-corrected chi connectivity index (χ1v) is 8.21. The monoisotopic (exact) mass is 348 g/mol. The number of nitrogens with zero attached hydrogens (tertiary/aromatic N) is 3. The Bertz CT molecular complexity index is 1020. The van der Waals surface area contributed by atoms with E-state index in [0.717, 1.165) is 21.9 Å².